The molecular weight excluding hydrogens is 313 g/mol. The minimum Gasteiger partial charge on any atom is -0.452 e. The molecule has 8 heteroatoms. The third-order valence-electron chi connectivity index (χ3n) is 2.98. The number of halogens is 1. The molecule has 0 atom stereocenters. The van der Waals surface area contributed by atoms with Gasteiger partial charge in [0, 0.05) is 11.8 Å². The van der Waals surface area contributed by atoms with Gasteiger partial charge in [-0.1, -0.05) is 0 Å². The Balaban J connectivity index is 1.77. The molecule has 0 saturated carbocycles. The molecule has 0 bridgehead atoms. The predicted molar refractivity (Wildman–Crippen MR) is 85.1 cm³/mol. The maximum Gasteiger partial charge on any atom is 0.258 e. The van der Waals surface area contributed by atoms with Crippen molar-refractivity contribution in [3.63, 3.8) is 0 Å². The summed E-state index contributed by atoms with van der Waals surface area (Å²) in [6, 6.07) is 5.32. The lowest BCUT2D eigenvalue weighted by molar-refractivity contribution is 0.102. The normalized spacial score (nSPS) is 10.2. The highest BCUT2D eigenvalue weighted by atomic mass is 19.1. The van der Waals surface area contributed by atoms with Crippen LogP contribution in [0, 0.1) is 5.82 Å². The maximum absolute atomic E-state index is 13.7. The second kappa shape index (κ2) is 6.69. The van der Waals surface area contributed by atoms with Crippen LogP contribution in [0.4, 0.5) is 15.8 Å². The molecule has 0 saturated heterocycles. The molecule has 1 aromatic carbocycles. The highest BCUT2D eigenvalue weighted by molar-refractivity contribution is 6.04. The van der Waals surface area contributed by atoms with Gasteiger partial charge in [-0.25, -0.2) is 14.4 Å². The first-order valence-electron chi connectivity index (χ1n) is 6.86. The molecule has 3 aromatic rings. The second-order valence-electron chi connectivity index (χ2n) is 4.78. The first-order valence-corrected chi connectivity index (χ1v) is 6.86. The molecule has 0 radical (unpaired) electrons. The van der Waals surface area contributed by atoms with E-state index in [2.05, 4.69) is 20.3 Å². The number of hydrogen-bond acceptors (Lipinski definition) is 6. The highest BCUT2D eigenvalue weighted by Gasteiger charge is 2.13. The molecule has 0 spiro atoms. The number of nitrogens with zero attached hydrogens (tertiary/aromatic N) is 3. The van der Waals surface area contributed by atoms with E-state index in [-0.39, 0.29) is 5.56 Å². The number of carbonyl (C=O) groups excluding carboxylic acids is 1. The van der Waals surface area contributed by atoms with Crippen LogP contribution in [-0.4, -0.2) is 20.9 Å². The molecule has 0 aliphatic carbocycles. The lowest BCUT2D eigenvalue weighted by atomic mass is 10.1. The standard InChI is InChI=1S/C16H12FN5O2/c17-15-2-1-10(18)3-14(15)16(23)22-11-4-12(6-19-5-11)24-13-7-20-9-21-8-13/h1-9H,18H2,(H,22,23). The van der Waals surface area contributed by atoms with Gasteiger partial charge in [0.25, 0.3) is 5.91 Å². The second-order valence-corrected chi connectivity index (χ2v) is 4.78. The summed E-state index contributed by atoms with van der Waals surface area (Å²) in [5.74, 6) is -0.509. The smallest absolute Gasteiger partial charge is 0.258 e. The molecule has 24 heavy (non-hydrogen) atoms. The summed E-state index contributed by atoms with van der Waals surface area (Å²) in [6.07, 6.45) is 7.23. The summed E-state index contributed by atoms with van der Waals surface area (Å²) >= 11 is 0. The van der Waals surface area contributed by atoms with E-state index in [1.54, 1.807) is 6.07 Å². The zero-order chi connectivity index (χ0) is 16.9. The summed E-state index contributed by atoms with van der Waals surface area (Å²) in [4.78, 5) is 23.8. The number of carbonyl (C=O) groups is 1. The Labute approximate surface area is 136 Å². The van der Waals surface area contributed by atoms with Gasteiger partial charge in [-0.15, -0.1) is 0 Å². The quantitative estimate of drug-likeness (QED) is 0.715. The van der Waals surface area contributed by atoms with Crippen LogP contribution >= 0.6 is 0 Å². The molecule has 3 N–H and O–H groups in total. The summed E-state index contributed by atoms with van der Waals surface area (Å²) in [5.41, 5.74) is 6.06. The van der Waals surface area contributed by atoms with Crippen molar-refractivity contribution >= 4 is 17.3 Å². The molecule has 2 aromatic heterocycles. The van der Waals surface area contributed by atoms with E-state index in [0.717, 1.165) is 6.07 Å². The van der Waals surface area contributed by atoms with Crippen LogP contribution in [0.25, 0.3) is 0 Å². The van der Waals surface area contributed by atoms with Gasteiger partial charge in [0.2, 0.25) is 0 Å². The van der Waals surface area contributed by atoms with E-state index in [4.69, 9.17) is 10.5 Å². The van der Waals surface area contributed by atoms with E-state index >= 15 is 0 Å². The van der Waals surface area contributed by atoms with E-state index in [1.165, 1.54) is 43.2 Å². The fourth-order valence-electron chi connectivity index (χ4n) is 1.93. The van der Waals surface area contributed by atoms with E-state index in [9.17, 15) is 9.18 Å². The third kappa shape index (κ3) is 3.61. The van der Waals surface area contributed by atoms with Crippen LogP contribution < -0.4 is 15.8 Å². The van der Waals surface area contributed by atoms with Crippen LogP contribution in [0.2, 0.25) is 0 Å². The first kappa shape index (κ1) is 15.3. The first-order chi connectivity index (χ1) is 11.6. The van der Waals surface area contributed by atoms with Gasteiger partial charge in [-0.3, -0.25) is 9.78 Å². The molecule has 0 aliphatic heterocycles. The fraction of sp³-hybridized carbons (Fsp3) is 0. The molecular formula is C16H12FN5O2. The topological polar surface area (TPSA) is 103 Å². The fourth-order valence-corrected chi connectivity index (χ4v) is 1.93. The Hall–Kier alpha value is -3.55. The number of nitrogen functional groups attached to an aromatic ring is 1. The minimum atomic E-state index is -0.663. The van der Waals surface area contributed by atoms with Crippen molar-refractivity contribution in [3.8, 4) is 11.5 Å². The van der Waals surface area contributed by atoms with Crippen molar-refractivity contribution in [1.29, 1.82) is 0 Å². The van der Waals surface area contributed by atoms with Crippen LogP contribution in [0.5, 0.6) is 11.5 Å². The number of hydrogen-bond donors (Lipinski definition) is 2. The van der Waals surface area contributed by atoms with Crippen molar-refractivity contribution in [3.05, 3.63) is 66.8 Å². The predicted octanol–water partition coefficient (Wildman–Crippen LogP) is 2.64. The molecule has 0 aliphatic rings. The molecule has 0 unspecified atom stereocenters. The van der Waals surface area contributed by atoms with Gasteiger partial charge in [0.1, 0.15) is 17.9 Å². The number of ether oxygens (including phenoxy) is 1. The average molecular weight is 325 g/mol. The lowest BCUT2D eigenvalue weighted by Crippen LogP contribution is -2.14. The van der Waals surface area contributed by atoms with Crippen molar-refractivity contribution in [2.24, 2.45) is 0 Å². The Morgan fingerprint density at radius 1 is 1.04 bits per heavy atom. The van der Waals surface area contributed by atoms with E-state index in [1.807, 2.05) is 0 Å². The SMILES string of the molecule is Nc1ccc(F)c(C(=O)Nc2cncc(Oc3cncnc3)c2)c1. The van der Waals surface area contributed by atoms with E-state index < -0.39 is 11.7 Å². The summed E-state index contributed by atoms with van der Waals surface area (Å²) in [7, 11) is 0. The van der Waals surface area contributed by atoms with Gasteiger partial charge in [-0.2, -0.15) is 0 Å². The van der Waals surface area contributed by atoms with E-state index in [0.29, 0.717) is 22.9 Å². The molecule has 1 amide bonds. The summed E-state index contributed by atoms with van der Waals surface area (Å²) in [5, 5.41) is 2.54. The number of rotatable bonds is 4. The molecule has 2 heterocycles. The number of amides is 1. The van der Waals surface area contributed by atoms with Crippen molar-refractivity contribution in [2.75, 3.05) is 11.1 Å². The Kier molecular flexibility index (Phi) is 4.28. The van der Waals surface area contributed by atoms with Crippen LogP contribution in [0.15, 0.2) is 55.4 Å². The molecule has 7 nitrogen and oxygen atoms in total. The van der Waals surface area contributed by atoms with Gasteiger partial charge < -0.3 is 15.8 Å². The third-order valence-corrected chi connectivity index (χ3v) is 2.98. The van der Waals surface area contributed by atoms with Crippen molar-refractivity contribution < 1.29 is 13.9 Å². The van der Waals surface area contributed by atoms with Gasteiger partial charge in [0.15, 0.2) is 5.75 Å². The van der Waals surface area contributed by atoms with Gasteiger partial charge in [0.05, 0.1) is 36.0 Å². The molecule has 120 valence electrons. The number of benzene rings is 1. The van der Waals surface area contributed by atoms with Crippen molar-refractivity contribution in [1.82, 2.24) is 15.0 Å². The summed E-state index contributed by atoms with van der Waals surface area (Å²) in [6.45, 7) is 0. The van der Waals surface area contributed by atoms with Crippen LogP contribution in [0.3, 0.4) is 0 Å². The Morgan fingerprint density at radius 3 is 2.58 bits per heavy atom. The monoisotopic (exact) mass is 325 g/mol. The number of nitrogens with one attached hydrogen (secondary N) is 1. The van der Waals surface area contributed by atoms with Gasteiger partial charge in [-0.05, 0) is 18.2 Å². The zero-order valence-electron chi connectivity index (χ0n) is 12.3. The minimum absolute atomic E-state index is 0.155. The maximum atomic E-state index is 13.7. The summed E-state index contributed by atoms with van der Waals surface area (Å²) < 4.78 is 19.2. The number of nitrogens with two attached hydrogens (primary N) is 1. The molecule has 0 fully saturated rings. The number of anilines is 2. The zero-order valence-corrected chi connectivity index (χ0v) is 12.3. The van der Waals surface area contributed by atoms with Crippen LogP contribution in [-0.2, 0) is 0 Å². The average Bonchev–Trinajstić information content (AvgIpc) is 2.58. The number of pyridine rings is 1. The van der Waals surface area contributed by atoms with Crippen molar-refractivity contribution in [2.45, 2.75) is 0 Å². The Bertz CT molecular complexity index is 873. The lowest BCUT2D eigenvalue weighted by Gasteiger charge is -2.09. The van der Waals surface area contributed by atoms with Crippen LogP contribution in [0.1, 0.15) is 10.4 Å². The van der Waals surface area contributed by atoms with Gasteiger partial charge >= 0.3 is 0 Å². The number of aromatic nitrogens is 3. The highest BCUT2D eigenvalue weighted by Crippen LogP contribution is 2.22. The Morgan fingerprint density at radius 2 is 1.79 bits per heavy atom. The molecule has 3 rings (SSSR count). The largest absolute Gasteiger partial charge is 0.452 e.